The summed E-state index contributed by atoms with van der Waals surface area (Å²) < 4.78 is 0. The monoisotopic (exact) mass is 126 g/mol. The maximum Gasteiger partial charge on any atom is 0.0650 e. The molecule has 1 N–H and O–H groups in total. The number of hydrogen-bond acceptors (Lipinski definition) is 1. The molecule has 0 aromatic rings. The molecule has 0 aliphatic heterocycles. The van der Waals surface area contributed by atoms with Gasteiger partial charge in [-0.1, -0.05) is 6.42 Å². The lowest BCUT2D eigenvalue weighted by Gasteiger charge is -2.27. The van der Waals surface area contributed by atoms with E-state index in [-0.39, 0.29) is 5.60 Å². The summed E-state index contributed by atoms with van der Waals surface area (Å²) in [6.45, 7) is 2.00. The molecule has 0 amide bonds. The molecule has 0 aromatic heterocycles. The molecule has 0 aromatic carbocycles. The van der Waals surface area contributed by atoms with E-state index in [1.54, 1.807) is 0 Å². The molecule has 3 atom stereocenters. The quantitative estimate of drug-likeness (QED) is 0.522. The maximum atomic E-state index is 9.68. The van der Waals surface area contributed by atoms with Crippen molar-refractivity contribution in [1.29, 1.82) is 0 Å². The van der Waals surface area contributed by atoms with Gasteiger partial charge in [0.2, 0.25) is 0 Å². The van der Waals surface area contributed by atoms with Crippen molar-refractivity contribution in [3.05, 3.63) is 0 Å². The fourth-order valence-corrected chi connectivity index (χ4v) is 2.24. The third kappa shape index (κ3) is 0.787. The van der Waals surface area contributed by atoms with Gasteiger partial charge >= 0.3 is 0 Å². The van der Waals surface area contributed by atoms with Crippen molar-refractivity contribution < 1.29 is 5.11 Å². The first-order valence-electron chi connectivity index (χ1n) is 3.92. The van der Waals surface area contributed by atoms with Crippen molar-refractivity contribution in [2.45, 2.75) is 38.2 Å². The molecule has 0 radical (unpaired) electrons. The topological polar surface area (TPSA) is 20.2 Å². The van der Waals surface area contributed by atoms with Crippen LogP contribution in [-0.4, -0.2) is 10.7 Å². The summed E-state index contributed by atoms with van der Waals surface area (Å²) in [5.74, 6) is 1.57. The molecule has 0 saturated heterocycles. The molecular weight excluding hydrogens is 112 g/mol. The van der Waals surface area contributed by atoms with Crippen molar-refractivity contribution in [3.8, 4) is 0 Å². The first-order chi connectivity index (χ1) is 4.20. The van der Waals surface area contributed by atoms with Crippen molar-refractivity contribution in [3.63, 3.8) is 0 Å². The van der Waals surface area contributed by atoms with Gasteiger partial charge in [0.25, 0.3) is 0 Å². The van der Waals surface area contributed by atoms with Crippen molar-refractivity contribution in [2.75, 3.05) is 0 Å². The van der Waals surface area contributed by atoms with Gasteiger partial charge in [-0.3, -0.25) is 0 Å². The fraction of sp³-hybridized carbons (Fsp3) is 1.00. The molecule has 2 rings (SSSR count). The van der Waals surface area contributed by atoms with Gasteiger partial charge < -0.3 is 5.11 Å². The minimum absolute atomic E-state index is 0.289. The minimum Gasteiger partial charge on any atom is -0.390 e. The molecule has 2 fully saturated rings. The third-order valence-corrected chi connectivity index (χ3v) is 2.98. The van der Waals surface area contributed by atoms with Gasteiger partial charge in [0.1, 0.15) is 0 Å². The summed E-state index contributed by atoms with van der Waals surface area (Å²) in [6.07, 6.45) is 4.95. The van der Waals surface area contributed by atoms with E-state index in [1.807, 2.05) is 6.92 Å². The Bertz CT molecular complexity index is 129. The van der Waals surface area contributed by atoms with E-state index in [9.17, 15) is 5.11 Å². The smallest absolute Gasteiger partial charge is 0.0650 e. The Labute approximate surface area is 56.1 Å². The predicted octanol–water partition coefficient (Wildman–Crippen LogP) is 1.56. The molecule has 9 heavy (non-hydrogen) atoms. The summed E-state index contributed by atoms with van der Waals surface area (Å²) in [5, 5.41) is 9.68. The summed E-state index contributed by atoms with van der Waals surface area (Å²) in [6, 6.07) is 0. The first kappa shape index (κ1) is 5.72. The minimum atomic E-state index is -0.289. The average molecular weight is 126 g/mol. The van der Waals surface area contributed by atoms with E-state index in [0.717, 1.165) is 12.3 Å². The fourth-order valence-electron chi connectivity index (χ4n) is 2.24. The second-order valence-electron chi connectivity index (χ2n) is 3.85. The number of hydrogen-bond donors (Lipinski definition) is 1. The highest BCUT2D eigenvalue weighted by Gasteiger charge is 2.51. The Kier molecular flexibility index (Phi) is 0.963. The molecule has 2 saturated carbocycles. The molecule has 0 heterocycles. The molecule has 0 spiro atoms. The van der Waals surface area contributed by atoms with Gasteiger partial charge in [-0.2, -0.15) is 0 Å². The predicted molar refractivity (Wildman–Crippen MR) is 36.1 cm³/mol. The van der Waals surface area contributed by atoms with Crippen LogP contribution in [0.3, 0.4) is 0 Å². The van der Waals surface area contributed by atoms with E-state index >= 15 is 0 Å². The van der Waals surface area contributed by atoms with Crippen LogP contribution >= 0.6 is 0 Å². The van der Waals surface area contributed by atoms with Crippen LogP contribution in [0.2, 0.25) is 0 Å². The zero-order valence-corrected chi connectivity index (χ0v) is 5.93. The molecule has 2 aliphatic carbocycles. The SMILES string of the molecule is C[C@]1(O)CCC[C@@H]2C[C@@H]21. The summed E-state index contributed by atoms with van der Waals surface area (Å²) in [5.41, 5.74) is -0.289. The normalized spacial score (nSPS) is 56.7. The number of rotatable bonds is 0. The van der Waals surface area contributed by atoms with Gasteiger partial charge in [-0.25, -0.2) is 0 Å². The van der Waals surface area contributed by atoms with Crippen LogP contribution < -0.4 is 0 Å². The molecular formula is C8H14O. The van der Waals surface area contributed by atoms with Gasteiger partial charge in [0.15, 0.2) is 0 Å². The molecule has 1 nitrogen and oxygen atoms in total. The summed E-state index contributed by atoms with van der Waals surface area (Å²) in [4.78, 5) is 0. The largest absolute Gasteiger partial charge is 0.390 e. The van der Waals surface area contributed by atoms with Gasteiger partial charge in [0.05, 0.1) is 5.60 Å². The van der Waals surface area contributed by atoms with E-state index in [2.05, 4.69) is 0 Å². The van der Waals surface area contributed by atoms with Crippen LogP contribution in [0, 0.1) is 11.8 Å². The van der Waals surface area contributed by atoms with Gasteiger partial charge in [0, 0.05) is 0 Å². The maximum absolute atomic E-state index is 9.68. The van der Waals surface area contributed by atoms with Crippen LogP contribution in [0.15, 0.2) is 0 Å². The molecule has 0 bridgehead atoms. The Morgan fingerprint density at radius 1 is 1.56 bits per heavy atom. The first-order valence-corrected chi connectivity index (χ1v) is 3.92. The lowest BCUT2D eigenvalue weighted by atomic mass is 9.86. The lowest BCUT2D eigenvalue weighted by molar-refractivity contribution is 0.00747. The van der Waals surface area contributed by atoms with E-state index < -0.39 is 0 Å². The van der Waals surface area contributed by atoms with Crippen molar-refractivity contribution in [2.24, 2.45) is 11.8 Å². The highest BCUT2D eigenvalue weighted by Crippen LogP contribution is 2.54. The Balaban J connectivity index is 2.09. The summed E-state index contributed by atoms with van der Waals surface area (Å²) in [7, 11) is 0. The lowest BCUT2D eigenvalue weighted by Crippen LogP contribution is -2.30. The van der Waals surface area contributed by atoms with Gasteiger partial charge in [-0.15, -0.1) is 0 Å². The van der Waals surface area contributed by atoms with Crippen LogP contribution in [0.4, 0.5) is 0 Å². The number of fused-ring (bicyclic) bond motifs is 1. The van der Waals surface area contributed by atoms with E-state index in [1.165, 1.54) is 19.3 Å². The summed E-state index contributed by atoms with van der Waals surface area (Å²) >= 11 is 0. The Hall–Kier alpha value is -0.0400. The number of aliphatic hydroxyl groups is 1. The second kappa shape index (κ2) is 1.51. The zero-order valence-electron chi connectivity index (χ0n) is 5.93. The zero-order chi connectivity index (χ0) is 6.48. The van der Waals surface area contributed by atoms with Crippen LogP contribution in [0.5, 0.6) is 0 Å². The molecule has 2 aliphatic rings. The standard InChI is InChI=1S/C8H14O/c1-8(9)4-2-3-6-5-7(6)8/h6-7,9H,2-5H2,1H3/t6-,7+,8+/m1/s1. The van der Waals surface area contributed by atoms with E-state index in [0.29, 0.717) is 5.92 Å². The molecule has 52 valence electrons. The van der Waals surface area contributed by atoms with Crippen molar-refractivity contribution >= 4 is 0 Å². The molecule has 1 heteroatoms. The Morgan fingerprint density at radius 2 is 2.33 bits per heavy atom. The highest BCUT2D eigenvalue weighted by molar-refractivity contribution is 5.01. The van der Waals surface area contributed by atoms with E-state index in [4.69, 9.17) is 0 Å². The van der Waals surface area contributed by atoms with Crippen LogP contribution in [0.25, 0.3) is 0 Å². The van der Waals surface area contributed by atoms with Crippen LogP contribution in [0.1, 0.15) is 32.6 Å². The third-order valence-electron chi connectivity index (χ3n) is 2.98. The van der Waals surface area contributed by atoms with Crippen molar-refractivity contribution in [1.82, 2.24) is 0 Å². The van der Waals surface area contributed by atoms with Gasteiger partial charge in [-0.05, 0) is 38.0 Å². The Morgan fingerprint density at radius 3 is 2.89 bits per heavy atom. The van der Waals surface area contributed by atoms with Crippen LogP contribution in [-0.2, 0) is 0 Å². The highest BCUT2D eigenvalue weighted by atomic mass is 16.3. The molecule has 0 unspecified atom stereocenters. The second-order valence-corrected chi connectivity index (χ2v) is 3.85. The average Bonchev–Trinajstić information content (AvgIpc) is 2.43.